The van der Waals surface area contributed by atoms with Crippen LogP contribution in [0.25, 0.3) is 0 Å². The number of rotatable bonds is 4. The van der Waals surface area contributed by atoms with Crippen molar-refractivity contribution in [3.05, 3.63) is 47.7 Å². The molecule has 0 spiro atoms. The third-order valence-electron chi connectivity index (χ3n) is 1.94. The van der Waals surface area contributed by atoms with Gasteiger partial charge in [0.25, 0.3) is 0 Å². The highest BCUT2D eigenvalue weighted by atomic mass is 16.6. The van der Waals surface area contributed by atoms with Crippen LogP contribution < -0.4 is 0 Å². The quantitative estimate of drug-likeness (QED) is 0.560. The number of carbonyl (C=O) groups excluding carboxylic acids is 1. The molecular weight excluding hydrogens is 192 g/mol. The number of allylic oxidation sites excluding steroid dienone is 1. The molecule has 0 aliphatic carbocycles. The van der Waals surface area contributed by atoms with Gasteiger partial charge in [0.15, 0.2) is 0 Å². The molecule has 1 rings (SSSR count). The van der Waals surface area contributed by atoms with E-state index in [1.165, 1.54) is 0 Å². The van der Waals surface area contributed by atoms with Crippen LogP contribution in [-0.2, 0) is 9.47 Å². The van der Waals surface area contributed by atoms with Crippen molar-refractivity contribution in [1.29, 1.82) is 0 Å². The monoisotopic (exact) mass is 206 g/mol. The minimum Gasteiger partial charge on any atom is -0.498 e. The first-order valence-corrected chi connectivity index (χ1v) is 4.69. The first-order chi connectivity index (χ1) is 7.27. The second-order valence-electron chi connectivity index (χ2n) is 2.90. The van der Waals surface area contributed by atoms with Gasteiger partial charge in [0.1, 0.15) is 12.4 Å². The molecule has 0 bridgehead atoms. The van der Waals surface area contributed by atoms with Crippen LogP contribution in [-0.4, -0.2) is 19.7 Å². The normalized spacial score (nSPS) is 10.9. The zero-order valence-corrected chi connectivity index (χ0v) is 8.90. The molecule has 0 radical (unpaired) electrons. The van der Waals surface area contributed by atoms with Gasteiger partial charge < -0.3 is 9.47 Å². The van der Waals surface area contributed by atoms with Crippen molar-refractivity contribution in [3.63, 3.8) is 0 Å². The molecule has 1 aromatic carbocycles. The van der Waals surface area contributed by atoms with Crippen molar-refractivity contribution in [2.45, 2.75) is 6.92 Å². The molecule has 3 heteroatoms. The van der Waals surface area contributed by atoms with E-state index >= 15 is 0 Å². The molecule has 0 aliphatic heterocycles. The van der Waals surface area contributed by atoms with E-state index in [2.05, 4.69) is 0 Å². The topological polar surface area (TPSA) is 35.5 Å². The van der Waals surface area contributed by atoms with Crippen LogP contribution in [0.3, 0.4) is 0 Å². The minimum atomic E-state index is -0.341. The smallest absolute Gasteiger partial charge is 0.338 e. The lowest BCUT2D eigenvalue weighted by molar-refractivity contribution is 0.0485. The number of esters is 1. The Labute approximate surface area is 89.3 Å². The molecule has 0 aliphatic rings. The van der Waals surface area contributed by atoms with Crippen molar-refractivity contribution in [3.8, 4) is 0 Å². The highest BCUT2D eigenvalue weighted by molar-refractivity contribution is 5.89. The average Bonchev–Trinajstić information content (AvgIpc) is 2.31. The standard InChI is InChI=1S/C12H14O3/c1-3-11(14-2)9-15-12(13)10-7-5-4-6-8-10/h3-8H,9H2,1-2H3/b11-3-. The first-order valence-electron chi connectivity index (χ1n) is 4.69. The Morgan fingerprint density at radius 3 is 2.53 bits per heavy atom. The van der Waals surface area contributed by atoms with Crippen LogP contribution >= 0.6 is 0 Å². The molecule has 0 aromatic heterocycles. The third-order valence-corrected chi connectivity index (χ3v) is 1.94. The van der Waals surface area contributed by atoms with Crippen molar-refractivity contribution in [2.24, 2.45) is 0 Å². The summed E-state index contributed by atoms with van der Waals surface area (Å²) < 4.78 is 10.0. The molecule has 15 heavy (non-hydrogen) atoms. The molecule has 0 amide bonds. The van der Waals surface area contributed by atoms with E-state index in [9.17, 15) is 4.79 Å². The summed E-state index contributed by atoms with van der Waals surface area (Å²) in [6, 6.07) is 8.87. The largest absolute Gasteiger partial charge is 0.498 e. The lowest BCUT2D eigenvalue weighted by atomic mass is 10.2. The Balaban J connectivity index is 2.51. The Morgan fingerprint density at radius 1 is 1.33 bits per heavy atom. The van der Waals surface area contributed by atoms with E-state index in [1.807, 2.05) is 13.0 Å². The van der Waals surface area contributed by atoms with Crippen LogP contribution in [0.5, 0.6) is 0 Å². The second-order valence-corrected chi connectivity index (χ2v) is 2.90. The van der Waals surface area contributed by atoms with E-state index < -0.39 is 0 Å². The number of methoxy groups -OCH3 is 1. The van der Waals surface area contributed by atoms with E-state index in [1.54, 1.807) is 37.5 Å². The zero-order valence-electron chi connectivity index (χ0n) is 8.90. The SMILES string of the molecule is C/C=C(/COC(=O)c1ccccc1)OC. The molecule has 0 unspecified atom stereocenters. The summed E-state index contributed by atoms with van der Waals surface area (Å²) in [5.41, 5.74) is 0.545. The number of ether oxygens (including phenoxy) is 2. The Bertz CT molecular complexity index is 341. The fraction of sp³-hybridized carbons (Fsp3) is 0.250. The van der Waals surface area contributed by atoms with Gasteiger partial charge in [0.2, 0.25) is 0 Å². The predicted octanol–water partition coefficient (Wildman–Crippen LogP) is 2.39. The van der Waals surface area contributed by atoms with Crippen LogP contribution in [0.1, 0.15) is 17.3 Å². The molecule has 0 saturated carbocycles. The second kappa shape index (κ2) is 5.86. The summed E-state index contributed by atoms with van der Waals surface area (Å²) in [5.74, 6) is 0.297. The zero-order chi connectivity index (χ0) is 11.1. The maximum Gasteiger partial charge on any atom is 0.338 e. The van der Waals surface area contributed by atoms with Crippen LogP contribution in [0.4, 0.5) is 0 Å². The van der Waals surface area contributed by atoms with E-state index in [0.717, 1.165) is 0 Å². The van der Waals surface area contributed by atoms with Gasteiger partial charge in [-0.3, -0.25) is 0 Å². The number of carbonyl (C=O) groups is 1. The fourth-order valence-corrected chi connectivity index (χ4v) is 1.05. The maximum absolute atomic E-state index is 11.5. The molecule has 3 nitrogen and oxygen atoms in total. The summed E-state index contributed by atoms with van der Waals surface area (Å²) in [6.07, 6.45) is 1.76. The highest BCUT2D eigenvalue weighted by Gasteiger charge is 2.06. The highest BCUT2D eigenvalue weighted by Crippen LogP contribution is 2.03. The maximum atomic E-state index is 11.5. The van der Waals surface area contributed by atoms with E-state index in [0.29, 0.717) is 11.3 Å². The molecule has 0 saturated heterocycles. The van der Waals surface area contributed by atoms with E-state index in [4.69, 9.17) is 9.47 Å². The third kappa shape index (κ3) is 3.46. The molecule has 0 fully saturated rings. The summed E-state index contributed by atoms with van der Waals surface area (Å²) >= 11 is 0. The van der Waals surface area contributed by atoms with Crippen molar-refractivity contribution >= 4 is 5.97 Å². The van der Waals surface area contributed by atoms with Gasteiger partial charge in [-0.1, -0.05) is 18.2 Å². The van der Waals surface area contributed by atoms with Crippen molar-refractivity contribution in [1.82, 2.24) is 0 Å². The Morgan fingerprint density at radius 2 is 2.00 bits per heavy atom. The fourth-order valence-electron chi connectivity index (χ4n) is 1.05. The minimum absolute atomic E-state index is 0.167. The van der Waals surface area contributed by atoms with Crippen molar-refractivity contribution < 1.29 is 14.3 Å². The van der Waals surface area contributed by atoms with Crippen molar-refractivity contribution in [2.75, 3.05) is 13.7 Å². The van der Waals surface area contributed by atoms with Gasteiger partial charge >= 0.3 is 5.97 Å². The number of hydrogen-bond acceptors (Lipinski definition) is 3. The van der Waals surface area contributed by atoms with Crippen LogP contribution in [0.15, 0.2) is 42.2 Å². The Hall–Kier alpha value is -1.77. The molecule has 80 valence electrons. The molecule has 0 atom stereocenters. The van der Waals surface area contributed by atoms with Gasteiger partial charge in [-0.05, 0) is 25.1 Å². The lowest BCUT2D eigenvalue weighted by Gasteiger charge is -2.06. The molecule has 1 aromatic rings. The van der Waals surface area contributed by atoms with Gasteiger partial charge in [0, 0.05) is 0 Å². The van der Waals surface area contributed by atoms with Crippen LogP contribution in [0, 0.1) is 0 Å². The van der Waals surface area contributed by atoms with E-state index in [-0.39, 0.29) is 12.6 Å². The Kier molecular flexibility index (Phi) is 4.41. The van der Waals surface area contributed by atoms with Gasteiger partial charge in [-0.25, -0.2) is 4.79 Å². The average molecular weight is 206 g/mol. The van der Waals surface area contributed by atoms with Crippen LogP contribution in [0.2, 0.25) is 0 Å². The number of benzene rings is 1. The molecule has 0 N–H and O–H groups in total. The summed E-state index contributed by atoms with van der Waals surface area (Å²) in [6.45, 7) is 2.00. The van der Waals surface area contributed by atoms with Gasteiger partial charge in [0.05, 0.1) is 12.7 Å². The number of hydrogen-bond donors (Lipinski definition) is 0. The van der Waals surface area contributed by atoms with Gasteiger partial charge in [-0.15, -0.1) is 0 Å². The first kappa shape index (κ1) is 11.3. The molecular formula is C12H14O3. The summed E-state index contributed by atoms with van der Waals surface area (Å²) in [4.78, 5) is 11.5. The lowest BCUT2D eigenvalue weighted by Crippen LogP contribution is -2.08. The predicted molar refractivity (Wildman–Crippen MR) is 57.5 cm³/mol. The molecule has 0 heterocycles. The van der Waals surface area contributed by atoms with Gasteiger partial charge in [-0.2, -0.15) is 0 Å². The summed E-state index contributed by atoms with van der Waals surface area (Å²) in [5, 5.41) is 0. The summed E-state index contributed by atoms with van der Waals surface area (Å²) in [7, 11) is 1.55.